The minimum atomic E-state index is -0.289. The van der Waals surface area contributed by atoms with Crippen molar-refractivity contribution in [3.63, 3.8) is 0 Å². The maximum Gasteiger partial charge on any atom is 0.258 e. The van der Waals surface area contributed by atoms with E-state index < -0.39 is 0 Å². The molecule has 1 unspecified atom stereocenters. The molecule has 0 spiro atoms. The zero-order valence-corrected chi connectivity index (χ0v) is 16.8. The van der Waals surface area contributed by atoms with Gasteiger partial charge in [0.2, 0.25) is 5.91 Å². The summed E-state index contributed by atoms with van der Waals surface area (Å²) in [5.41, 5.74) is 3.63. The van der Waals surface area contributed by atoms with Crippen LogP contribution in [0.3, 0.4) is 0 Å². The van der Waals surface area contributed by atoms with Crippen LogP contribution < -0.4 is 15.4 Å². The van der Waals surface area contributed by atoms with Crippen LogP contribution in [0, 0.1) is 0 Å². The summed E-state index contributed by atoms with van der Waals surface area (Å²) in [6, 6.07) is 15.6. The fourth-order valence-electron chi connectivity index (χ4n) is 3.72. The Bertz CT molecular complexity index is 1060. The molecule has 1 aromatic heterocycles. The first-order valence-electron chi connectivity index (χ1n) is 9.74. The average Bonchev–Trinajstić information content (AvgIpc) is 3.03. The van der Waals surface area contributed by atoms with Gasteiger partial charge in [0.1, 0.15) is 5.75 Å². The average molecular weight is 391 g/mol. The van der Waals surface area contributed by atoms with Crippen molar-refractivity contribution >= 4 is 28.4 Å². The second-order valence-electron chi connectivity index (χ2n) is 8.42. The number of para-hydroxylation sites is 1. The molecule has 1 atom stereocenters. The third-order valence-corrected chi connectivity index (χ3v) is 4.90. The monoisotopic (exact) mass is 391 g/mol. The predicted octanol–water partition coefficient (Wildman–Crippen LogP) is 3.94. The second-order valence-corrected chi connectivity index (χ2v) is 8.42. The lowest BCUT2D eigenvalue weighted by molar-refractivity contribution is -0.124. The molecule has 0 aliphatic carbocycles. The molecule has 0 saturated carbocycles. The minimum absolute atomic E-state index is 0.00595. The smallest absolute Gasteiger partial charge is 0.258 e. The van der Waals surface area contributed by atoms with E-state index in [4.69, 9.17) is 4.74 Å². The number of anilines is 1. The molecule has 0 radical (unpaired) electrons. The van der Waals surface area contributed by atoms with Crippen molar-refractivity contribution in [3.05, 3.63) is 59.8 Å². The fourth-order valence-corrected chi connectivity index (χ4v) is 3.72. The molecule has 1 aliphatic heterocycles. The van der Waals surface area contributed by atoms with E-state index >= 15 is 0 Å². The highest BCUT2D eigenvalue weighted by Crippen LogP contribution is 2.41. The van der Waals surface area contributed by atoms with Crippen LogP contribution in [0.4, 0.5) is 5.69 Å². The summed E-state index contributed by atoms with van der Waals surface area (Å²) >= 11 is 0. The number of carbonyl (C=O) groups excluding carboxylic acids is 2. The number of amides is 2. The SMILES string of the molecule is CC(C)(C)NC(=O)COc1ccc(C2CC(=O)Nc3c2[nH]c2ccccc32)cc1. The molecule has 0 saturated heterocycles. The van der Waals surface area contributed by atoms with Gasteiger partial charge in [-0.25, -0.2) is 0 Å². The molecular formula is C23H25N3O3. The molecule has 3 N–H and O–H groups in total. The first-order chi connectivity index (χ1) is 13.8. The van der Waals surface area contributed by atoms with Crippen molar-refractivity contribution in [1.29, 1.82) is 0 Å². The van der Waals surface area contributed by atoms with Gasteiger partial charge in [-0.3, -0.25) is 9.59 Å². The number of nitrogens with one attached hydrogen (secondary N) is 3. The molecule has 1 aliphatic rings. The summed E-state index contributed by atoms with van der Waals surface area (Å²) in [5.74, 6) is 0.416. The minimum Gasteiger partial charge on any atom is -0.484 e. The Morgan fingerprint density at radius 1 is 1.14 bits per heavy atom. The maximum atomic E-state index is 12.3. The Morgan fingerprint density at radius 2 is 1.86 bits per heavy atom. The summed E-state index contributed by atoms with van der Waals surface area (Å²) in [7, 11) is 0. The highest BCUT2D eigenvalue weighted by Gasteiger charge is 2.29. The van der Waals surface area contributed by atoms with Gasteiger partial charge in [-0.2, -0.15) is 0 Å². The highest BCUT2D eigenvalue weighted by atomic mass is 16.5. The Morgan fingerprint density at radius 3 is 2.59 bits per heavy atom. The van der Waals surface area contributed by atoms with E-state index in [9.17, 15) is 9.59 Å². The van der Waals surface area contributed by atoms with Crippen LogP contribution in [-0.2, 0) is 9.59 Å². The topological polar surface area (TPSA) is 83.2 Å². The van der Waals surface area contributed by atoms with Crippen molar-refractivity contribution in [2.45, 2.75) is 38.6 Å². The van der Waals surface area contributed by atoms with Crippen LogP contribution in [-0.4, -0.2) is 28.9 Å². The molecular weight excluding hydrogens is 366 g/mol. The van der Waals surface area contributed by atoms with E-state index in [1.807, 2.05) is 69.3 Å². The molecule has 3 aromatic rings. The zero-order chi connectivity index (χ0) is 20.6. The van der Waals surface area contributed by atoms with Crippen molar-refractivity contribution in [3.8, 4) is 5.75 Å². The molecule has 0 bridgehead atoms. The van der Waals surface area contributed by atoms with Crippen LogP contribution >= 0.6 is 0 Å². The molecule has 150 valence electrons. The molecule has 2 aromatic carbocycles. The maximum absolute atomic E-state index is 12.3. The summed E-state index contributed by atoms with van der Waals surface area (Å²) in [6.07, 6.45) is 0.383. The summed E-state index contributed by atoms with van der Waals surface area (Å²) in [4.78, 5) is 27.7. The fraction of sp³-hybridized carbons (Fsp3) is 0.304. The summed E-state index contributed by atoms with van der Waals surface area (Å²) in [6.45, 7) is 5.75. The van der Waals surface area contributed by atoms with Crippen LogP contribution in [0.25, 0.3) is 10.9 Å². The Labute approximate surface area is 169 Å². The Balaban J connectivity index is 1.53. The van der Waals surface area contributed by atoms with E-state index in [-0.39, 0.29) is 29.9 Å². The van der Waals surface area contributed by atoms with Gasteiger partial charge in [-0.1, -0.05) is 30.3 Å². The molecule has 2 heterocycles. The molecule has 6 nitrogen and oxygen atoms in total. The number of H-pyrrole nitrogens is 1. The van der Waals surface area contributed by atoms with Gasteiger partial charge >= 0.3 is 0 Å². The quantitative estimate of drug-likeness (QED) is 0.630. The lowest BCUT2D eigenvalue weighted by atomic mass is 9.89. The van der Waals surface area contributed by atoms with Gasteiger partial charge in [0.15, 0.2) is 6.61 Å². The second kappa shape index (κ2) is 7.28. The number of ether oxygens (including phenoxy) is 1. The Kier molecular flexibility index (Phi) is 4.78. The van der Waals surface area contributed by atoms with Gasteiger partial charge in [0, 0.05) is 34.5 Å². The summed E-state index contributed by atoms with van der Waals surface area (Å²) in [5, 5.41) is 6.89. The third kappa shape index (κ3) is 4.11. The number of hydrogen-bond acceptors (Lipinski definition) is 3. The largest absolute Gasteiger partial charge is 0.484 e. The number of benzene rings is 2. The standard InChI is InChI=1S/C23H25N3O3/c1-23(2,3)26-20(28)13-29-15-10-8-14(9-11-15)17-12-19(27)25-21-16-6-4-5-7-18(16)24-22(17)21/h4-11,17,24H,12-13H2,1-3H3,(H,25,27)(H,26,28). The van der Waals surface area contributed by atoms with Gasteiger partial charge in [-0.15, -0.1) is 0 Å². The predicted molar refractivity (Wildman–Crippen MR) is 113 cm³/mol. The first kappa shape index (κ1) is 19.1. The molecule has 4 rings (SSSR count). The molecule has 6 heteroatoms. The zero-order valence-electron chi connectivity index (χ0n) is 16.8. The Hall–Kier alpha value is -3.28. The van der Waals surface area contributed by atoms with E-state index in [0.717, 1.165) is 27.8 Å². The van der Waals surface area contributed by atoms with E-state index in [1.54, 1.807) is 0 Å². The van der Waals surface area contributed by atoms with Crippen molar-refractivity contribution in [2.75, 3.05) is 11.9 Å². The van der Waals surface area contributed by atoms with E-state index in [0.29, 0.717) is 12.2 Å². The third-order valence-electron chi connectivity index (χ3n) is 4.90. The number of aromatic nitrogens is 1. The van der Waals surface area contributed by atoms with Crippen LogP contribution in [0.2, 0.25) is 0 Å². The van der Waals surface area contributed by atoms with E-state index in [2.05, 4.69) is 15.6 Å². The normalized spacial score (nSPS) is 16.2. The number of hydrogen-bond donors (Lipinski definition) is 3. The van der Waals surface area contributed by atoms with E-state index in [1.165, 1.54) is 0 Å². The number of rotatable bonds is 4. The van der Waals surface area contributed by atoms with Crippen molar-refractivity contribution in [2.24, 2.45) is 0 Å². The van der Waals surface area contributed by atoms with Crippen LogP contribution in [0.1, 0.15) is 44.4 Å². The van der Waals surface area contributed by atoms with Gasteiger partial charge < -0.3 is 20.4 Å². The van der Waals surface area contributed by atoms with Gasteiger partial charge in [-0.05, 0) is 44.5 Å². The van der Waals surface area contributed by atoms with Crippen LogP contribution in [0.5, 0.6) is 5.75 Å². The number of carbonyl (C=O) groups is 2. The lowest BCUT2D eigenvalue weighted by Crippen LogP contribution is -2.43. The number of fused-ring (bicyclic) bond motifs is 3. The highest BCUT2D eigenvalue weighted by molar-refractivity contribution is 6.05. The molecule has 29 heavy (non-hydrogen) atoms. The molecule has 2 amide bonds. The van der Waals surface area contributed by atoms with Gasteiger partial charge in [0.25, 0.3) is 5.91 Å². The van der Waals surface area contributed by atoms with Crippen molar-refractivity contribution < 1.29 is 14.3 Å². The van der Waals surface area contributed by atoms with Gasteiger partial charge in [0.05, 0.1) is 5.69 Å². The first-order valence-corrected chi connectivity index (χ1v) is 9.74. The lowest BCUT2D eigenvalue weighted by Gasteiger charge is -2.23. The number of aromatic amines is 1. The molecule has 0 fully saturated rings. The van der Waals surface area contributed by atoms with Crippen LogP contribution in [0.15, 0.2) is 48.5 Å². The van der Waals surface area contributed by atoms with Crippen molar-refractivity contribution in [1.82, 2.24) is 10.3 Å². The summed E-state index contributed by atoms with van der Waals surface area (Å²) < 4.78 is 5.60.